The Balaban J connectivity index is 2.39. The predicted molar refractivity (Wildman–Crippen MR) is 66.1 cm³/mol. The summed E-state index contributed by atoms with van der Waals surface area (Å²) in [6.45, 7) is 1.92. The Bertz CT molecular complexity index is 474. The Morgan fingerprint density at radius 1 is 1.00 bits per heavy atom. The van der Waals surface area contributed by atoms with E-state index in [9.17, 15) is 4.39 Å². The zero-order chi connectivity index (χ0) is 11.5. The Morgan fingerprint density at radius 2 is 1.62 bits per heavy atom. The van der Waals surface area contributed by atoms with Crippen LogP contribution in [0.25, 0.3) is 11.1 Å². The lowest BCUT2D eigenvalue weighted by Crippen LogP contribution is -1.86. The van der Waals surface area contributed by atoms with Crippen LogP contribution < -0.4 is 0 Å². The van der Waals surface area contributed by atoms with Gasteiger partial charge in [0.25, 0.3) is 0 Å². The first-order valence-corrected chi connectivity index (χ1v) is 5.61. The highest BCUT2D eigenvalue weighted by Crippen LogP contribution is 2.26. The number of rotatable bonds is 2. The van der Waals surface area contributed by atoms with Gasteiger partial charge in [0.15, 0.2) is 0 Å². The molecule has 0 aliphatic rings. The zero-order valence-corrected chi connectivity index (χ0v) is 9.71. The van der Waals surface area contributed by atoms with Crippen LogP contribution in [0.3, 0.4) is 0 Å². The van der Waals surface area contributed by atoms with Crippen LogP contribution in [0.15, 0.2) is 48.5 Å². The summed E-state index contributed by atoms with van der Waals surface area (Å²) in [5.41, 5.74) is 2.54. The van der Waals surface area contributed by atoms with Crippen LogP contribution in [0.5, 0.6) is 0 Å². The van der Waals surface area contributed by atoms with Gasteiger partial charge in [-0.05, 0) is 24.1 Å². The lowest BCUT2D eigenvalue weighted by atomic mass is 10.0. The number of benzene rings is 2. The molecule has 16 heavy (non-hydrogen) atoms. The molecule has 0 amide bonds. The van der Waals surface area contributed by atoms with Crippen molar-refractivity contribution in [2.75, 3.05) is 0 Å². The number of hydrogen-bond acceptors (Lipinski definition) is 0. The van der Waals surface area contributed by atoms with Crippen molar-refractivity contribution >= 4 is 11.6 Å². The van der Waals surface area contributed by atoms with E-state index in [1.807, 2.05) is 37.3 Å². The minimum Gasteiger partial charge on any atom is -0.206 e. The van der Waals surface area contributed by atoms with Crippen molar-refractivity contribution < 1.29 is 4.39 Å². The first-order valence-electron chi connectivity index (χ1n) is 5.17. The van der Waals surface area contributed by atoms with E-state index in [4.69, 9.17) is 11.6 Å². The van der Waals surface area contributed by atoms with Crippen molar-refractivity contribution in [2.24, 2.45) is 0 Å². The largest absolute Gasteiger partial charge is 0.206 e. The second kappa shape index (κ2) is 4.67. The quantitative estimate of drug-likeness (QED) is 0.656. The topological polar surface area (TPSA) is 0 Å². The molecule has 1 atom stereocenters. The van der Waals surface area contributed by atoms with E-state index in [1.165, 1.54) is 6.07 Å². The Hall–Kier alpha value is -1.34. The molecule has 0 N–H and O–H groups in total. The highest BCUT2D eigenvalue weighted by Gasteiger charge is 2.05. The summed E-state index contributed by atoms with van der Waals surface area (Å²) in [7, 11) is 0. The smallest absolute Gasteiger partial charge is 0.131 e. The van der Waals surface area contributed by atoms with Crippen molar-refractivity contribution in [1.82, 2.24) is 0 Å². The summed E-state index contributed by atoms with van der Waals surface area (Å²) in [5, 5.41) is -0.0188. The normalized spacial score (nSPS) is 12.4. The molecule has 0 fully saturated rings. The second-order valence-electron chi connectivity index (χ2n) is 3.72. The lowest BCUT2D eigenvalue weighted by molar-refractivity contribution is 0.631. The second-order valence-corrected chi connectivity index (χ2v) is 4.37. The van der Waals surface area contributed by atoms with Gasteiger partial charge in [-0.25, -0.2) is 4.39 Å². The van der Waals surface area contributed by atoms with E-state index in [2.05, 4.69) is 0 Å². The highest BCUT2D eigenvalue weighted by atomic mass is 35.5. The van der Waals surface area contributed by atoms with E-state index in [0.29, 0.717) is 5.56 Å². The van der Waals surface area contributed by atoms with Crippen molar-refractivity contribution in [3.63, 3.8) is 0 Å². The van der Waals surface area contributed by atoms with Crippen LogP contribution in [0.1, 0.15) is 17.9 Å². The third-order valence-electron chi connectivity index (χ3n) is 2.55. The summed E-state index contributed by atoms with van der Waals surface area (Å²) < 4.78 is 13.5. The molecular formula is C14H12ClF. The van der Waals surface area contributed by atoms with Gasteiger partial charge in [0.05, 0.1) is 5.38 Å². The molecule has 0 saturated carbocycles. The summed E-state index contributed by atoms with van der Waals surface area (Å²) in [6.07, 6.45) is 0. The maximum atomic E-state index is 13.5. The molecule has 0 heterocycles. The molecule has 1 unspecified atom stereocenters. The summed E-state index contributed by atoms with van der Waals surface area (Å²) in [5.74, 6) is -0.200. The van der Waals surface area contributed by atoms with Gasteiger partial charge in [0.2, 0.25) is 0 Å². The SMILES string of the molecule is CC(Cl)c1ccc(-c2ccccc2F)cc1. The van der Waals surface area contributed by atoms with Crippen LogP contribution in [-0.4, -0.2) is 0 Å². The molecule has 0 bridgehead atoms. The van der Waals surface area contributed by atoms with E-state index in [0.717, 1.165) is 11.1 Å². The molecule has 2 rings (SSSR count). The van der Waals surface area contributed by atoms with Crippen LogP contribution in [0, 0.1) is 5.82 Å². The van der Waals surface area contributed by atoms with Gasteiger partial charge in [0.1, 0.15) is 5.82 Å². The fourth-order valence-corrected chi connectivity index (χ4v) is 1.77. The molecule has 2 aromatic carbocycles. The van der Waals surface area contributed by atoms with Gasteiger partial charge in [-0.15, -0.1) is 11.6 Å². The average molecular weight is 235 g/mol. The Labute approximate surface area is 99.7 Å². The standard InChI is InChI=1S/C14H12ClF/c1-10(15)11-6-8-12(9-7-11)13-4-2-3-5-14(13)16/h2-10H,1H3. The van der Waals surface area contributed by atoms with E-state index in [-0.39, 0.29) is 11.2 Å². The maximum absolute atomic E-state index is 13.5. The van der Waals surface area contributed by atoms with Crippen molar-refractivity contribution in [1.29, 1.82) is 0 Å². The third kappa shape index (κ3) is 2.25. The van der Waals surface area contributed by atoms with E-state index in [1.54, 1.807) is 12.1 Å². The molecule has 82 valence electrons. The van der Waals surface area contributed by atoms with Gasteiger partial charge in [0, 0.05) is 5.56 Å². The van der Waals surface area contributed by atoms with Crippen molar-refractivity contribution in [3.8, 4) is 11.1 Å². The molecule has 0 aliphatic carbocycles. The molecule has 0 saturated heterocycles. The van der Waals surface area contributed by atoms with Crippen LogP contribution in [0.2, 0.25) is 0 Å². The Morgan fingerprint density at radius 3 is 2.19 bits per heavy atom. The number of hydrogen-bond donors (Lipinski definition) is 0. The summed E-state index contributed by atoms with van der Waals surface area (Å²) in [4.78, 5) is 0. The highest BCUT2D eigenvalue weighted by molar-refractivity contribution is 6.20. The van der Waals surface area contributed by atoms with E-state index >= 15 is 0 Å². The van der Waals surface area contributed by atoms with Crippen LogP contribution in [-0.2, 0) is 0 Å². The predicted octanol–water partition coefficient (Wildman–Crippen LogP) is 4.79. The molecule has 2 heteroatoms. The molecule has 0 aliphatic heterocycles. The molecule has 0 aromatic heterocycles. The molecule has 0 radical (unpaired) electrons. The van der Waals surface area contributed by atoms with Gasteiger partial charge in [-0.1, -0.05) is 42.5 Å². The fourth-order valence-electron chi connectivity index (χ4n) is 1.62. The molecule has 2 aromatic rings. The van der Waals surface area contributed by atoms with Crippen molar-refractivity contribution in [3.05, 3.63) is 59.9 Å². The summed E-state index contributed by atoms with van der Waals surface area (Å²) in [6, 6.07) is 14.4. The molecule has 0 nitrogen and oxygen atoms in total. The third-order valence-corrected chi connectivity index (χ3v) is 2.81. The minimum absolute atomic E-state index is 0.0188. The average Bonchev–Trinajstić information content (AvgIpc) is 2.30. The molecule has 0 spiro atoms. The minimum atomic E-state index is -0.200. The van der Waals surface area contributed by atoms with Gasteiger partial charge in [-0.2, -0.15) is 0 Å². The zero-order valence-electron chi connectivity index (χ0n) is 8.95. The first-order chi connectivity index (χ1) is 7.68. The number of halogens is 2. The first kappa shape index (κ1) is 11.2. The monoisotopic (exact) mass is 234 g/mol. The number of alkyl halides is 1. The lowest BCUT2D eigenvalue weighted by Gasteiger charge is -2.06. The van der Waals surface area contributed by atoms with Crippen LogP contribution >= 0.6 is 11.6 Å². The fraction of sp³-hybridized carbons (Fsp3) is 0.143. The van der Waals surface area contributed by atoms with Gasteiger partial charge in [-0.3, -0.25) is 0 Å². The summed E-state index contributed by atoms with van der Waals surface area (Å²) >= 11 is 5.96. The van der Waals surface area contributed by atoms with Gasteiger partial charge < -0.3 is 0 Å². The molecular weight excluding hydrogens is 223 g/mol. The van der Waals surface area contributed by atoms with E-state index < -0.39 is 0 Å². The Kier molecular flexibility index (Phi) is 3.25. The van der Waals surface area contributed by atoms with Crippen molar-refractivity contribution in [2.45, 2.75) is 12.3 Å². The maximum Gasteiger partial charge on any atom is 0.131 e. The van der Waals surface area contributed by atoms with Gasteiger partial charge >= 0.3 is 0 Å². The van der Waals surface area contributed by atoms with Crippen LogP contribution in [0.4, 0.5) is 4.39 Å².